The zero-order valence-corrected chi connectivity index (χ0v) is 18.9. The highest BCUT2D eigenvalue weighted by Gasteiger charge is 2.48. The molecule has 0 amide bonds. The Kier molecular flexibility index (Phi) is 6.07. The van der Waals surface area contributed by atoms with Crippen molar-refractivity contribution in [2.75, 3.05) is 18.2 Å². The summed E-state index contributed by atoms with van der Waals surface area (Å²) < 4.78 is 63.3. The van der Waals surface area contributed by atoms with Crippen LogP contribution in [0.4, 0.5) is 30.8 Å². The van der Waals surface area contributed by atoms with Crippen LogP contribution in [0.3, 0.4) is 0 Å². The summed E-state index contributed by atoms with van der Waals surface area (Å²) in [7, 11) is 1.37. The van der Waals surface area contributed by atoms with Gasteiger partial charge in [0.2, 0.25) is 16.8 Å². The highest BCUT2D eigenvalue weighted by Crippen LogP contribution is 2.43. The minimum absolute atomic E-state index is 0.0173. The van der Waals surface area contributed by atoms with Crippen molar-refractivity contribution in [2.24, 2.45) is 0 Å². The Bertz CT molecular complexity index is 1270. The molecule has 1 fully saturated rings. The number of nitrogens with one attached hydrogen (secondary N) is 3. The van der Waals surface area contributed by atoms with Gasteiger partial charge >= 0.3 is 6.18 Å². The number of aromatic amines is 1. The third kappa shape index (κ3) is 4.74. The van der Waals surface area contributed by atoms with E-state index in [0.29, 0.717) is 18.4 Å². The molecule has 0 bridgehead atoms. The molecule has 4 rings (SSSR count). The molecule has 5 N–H and O–H groups in total. The average Bonchev–Trinajstić information content (AvgIpc) is 3.44. The molecule has 9 nitrogen and oxygen atoms in total. The second-order valence-electron chi connectivity index (χ2n) is 7.81. The van der Waals surface area contributed by atoms with Crippen molar-refractivity contribution in [1.82, 2.24) is 19.9 Å². The number of methoxy groups -OCH3 is 1. The van der Waals surface area contributed by atoms with Crippen LogP contribution in [0.5, 0.6) is 5.75 Å². The molecule has 0 saturated heterocycles. The number of benzene rings is 2. The van der Waals surface area contributed by atoms with Crippen molar-refractivity contribution in [1.29, 1.82) is 5.26 Å². The Hall–Kier alpha value is -3.47. The third-order valence-corrected chi connectivity index (χ3v) is 6.60. The number of nitrogens with two attached hydrogens (primary N) is 1. The molecule has 1 aromatic heterocycles. The van der Waals surface area contributed by atoms with Crippen LogP contribution in [0.15, 0.2) is 35.2 Å². The normalized spacial score (nSPS) is 15.4. The first kappa shape index (κ1) is 23.7. The lowest BCUT2D eigenvalue weighted by Crippen LogP contribution is -2.35. The Morgan fingerprint density at radius 3 is 2.59 bits per heavy atom. The Morgan fingerprint density at radius 2 is 2.03 bits per heavy atom. The zero-order chi connectivity index (χ0) is 24.7. The minimum Gasteiger partial charge on any atom is -0.593 e. The Labute approximate surface area is 195 Å². The topological polar surface area (TPSA) is 148 Å². The summed E-state index contributed by atoms with van der Waals surface area (Å²) in [4.78, 5) is 3.99. The molecule has 1 atom stereocenters. The smallest absolute Gasteiger partial charge is 0.417 e. The molecule has 1 aliphatic rings. The van der Waals surface area contributed by atoms with Crippen LogP contribution in [0, 0.1) is 18.3 Å². The summed E-state index contributed by atoms with van der Waals surface area (Å²) in [5.74, 6) is 0.274. The number of aryl methyl sites for hydroxylation is 1. The van der Waals surface area contributed by atoms with E-state index >= 15 is 0 Å². The molecule has 0 spiro atoms. The van der Waals surface area contributed by atoms with E-state index in [4.69, 9.17) is 10.5 Å². The maximum absolute atomic E-state index is 14.1. The average molecular weight is 491 g/mol. The molecule has 1 saturated carbocycles. The molecule has 2 aromatic carbocycles. The Morgan fingerprint density at radius 1 is 1.29 bits per heavy atom. The number of nitriles is 1. The molecule has 178 valence electrons. The number of ether oxygens (including phenoxy) is 1. The quantitative estimate of drug-likeness (QED) is 0.365. The number of halogens is 3. The number of nitrogens with zero attached hydrogens (tertiary/aromatic N) is 3. The van der Waals surface area contributed by atoms with Crippen molar-refractivity contribution < 1.29 is 22.5 Å². The fourth-order valence-electron chi connectivity index (χ4n) is 3.50. The first-order valence-corrected chi connectivity index (χ1v) is 11.2. The van der Waals surface area contributed by atoms with Gasteiger partial charge < -0.3 is 20.3 Å². The first-order valence-electron chi connectivity index (χ1n) is 10.0. The van der Waals surface area contributed by atoms with Gasteiger partial charge in [-0.2, -0.15) is 23.4 Å². The van der Waals surface area contributed by atoms with Gasteiger partial charge in [-0.1, -0.05) is 6.07 Å². The van der Waals surface area contributed by atoms with Gasteiger partial charge in [0.15, 0.2) is 5.75 Å². The maximum atomic E-state index is 14.1. The molecule has 13 heteroatoms. The lowest BCUT2D eigenvalue weighted by Gasteiger charge is -2.20. The van der Waals surface area contributed by atoms with Gasteiger partial charge in [-0.3, -0.25) is 0 Å². The summed E-state index contributed by atoms with van der Waals surface area (Å²) >= 11 is -1.87. The zero-order valence-electron chi connectivity index (χ0n) is 18.1. The molecular weight excluding hydrogens is 471 g/mol. The van der Waals surface area contributed by atoms with Crippen LogP contribution < -0.4 is 20.5 Å². The molecule has 1 heterocycles. The molecule has 1 unspecified atom stereocenters. The van der Waals surface area contributed by atoms with Crippen LogP contribution in [-0.4, -0.2) is 32.4 Å². The number of aromatic nitrogens is 3. The van der Waals surface area contributed by atoms with Crippen molar-refractivity contribution in [3.05, 3.63) is 41.5 Å². The maximum Gasteiger partial charge on any atom is 0.417 e. The van der Waals surface area contributed by atoms with E-state index in [1.807, 2.05) is 0 Å². The van der Waals surface area contributed by atoms with Crippen LogP contribution in [0.2, 0.25) is 0 Å². The van der Waals surface area contributed by atoms with E-state index in [1.165, 1.54) is 38.3 Å². The van der Waals surface area contributed by atoms with E-state index in [0.717, 1.165) is 6.07 Å². The molecule has 0 radical (unpaired) electrons. The van der Waals surface area contributed by atoms with Crippen LogP contribution >= 0.6 is 0 Å². The van der Waals surface area contributed by atoms with Gasteiger partial charge in [0.1, 0.15) is 5.54 Å². The van der Waals surface area contributed by atoms with E-state index in [2.05, 4.69) is 31.3 Å². The van der Waals surface area contributed by atoms with Gasteiger partial charge in [-0.05, 0) is 54.7 Å². The fourth-order valence-corrected chi connectivity index (χ4v) is 4.78. The second-order valence-corrected chi connectivity index (χ2v) is 8.99. The van der Waals surface area contributed by atoms with Gasteiger partial charge in [-0.15, -0.1) is 9.82 Å². The molecule has 0 aliphatic heterocycles. The standard InChI is InChI=1S/C21H20F3N7O2S/c1-11-7-13(27-19-28-18(26)29-30-19)9-14(21(22,23)24)17(11)12-3-4-15(33-2)16(8-12)34(32)31-20(10-25)5-6-20/h3-4,7-9,31H,5-6H2,1-2H3,(H4,26,27,28,29,30). The minimum atomic E-state index is -4.69. The fraction of sp³-hybridized carbons (Fsp3) is 0.286. The number of nitrogen functional groups attached to an aromatic ring is 1. The lowest BCUT2D eigenvalue weighted by atomic mass is 9.93. The van der Waals surface area contributed by atoms with Gasteiger partial charge in [0.05, 0.1) is 30.1 Å². The van der Waals surface area contributed by atoms with Gasteiger partial charge in [0.25, 0.3) is 0 Å². The number of anilines is 3. The van der Waals surface area contributed by atoms with Crippen LogP contribution in [0.25, 0.3) is 11.1 Å². The summed E-state index contributed by atoms with van der Waals surface area (Å²) in [6.07, 6.45) is -3.61. The molecular formula is C21H20F3N7O2S. The summed E-state index contributed by atoms with van der Waals surface area (Å²) in [5.41, 5.74) is 4.23. The number of hydrogen-bond donors (Lipinski definition) is 4. The van der Waals surface area contributed by atoms with Crippen molar-refractivity contribution in [3.8, 4) is 22.9 Å². The van der Waals surface area contributed by atoms with Crippen molar-refractivity contribution in [3.63, 3.8) is 0 Å². The highest BCUT2D eigenvalue weighted by atomic mass is 32.2. The number of hydrogen-bond acceptors (Lipinski definition) is 8. The SMILES string of the molecule is COc1ccc(-c2c(C)cc(Nc3n[nH]c(N)n3)cc2C(F)(F)F)cc1[S+]([O-])NC1(C#N)CC1. The third-order valence-electron chi connectivity index (χ3n) is 5.30. The lowest BCUT2D eigenvalue weighted by molar-refractivity contribution is -0.137. The first-order chi connectivity index (χ1) is 16.0. The monoisotopic (exact) mass is 491 g/mol. The van der Waals surface area contributed by atoms with E-state index in [-0.39, 0.29) is 39.4 Å². The summed E-state index contributed by atoms with van der Waals surface area (Å²) in [5, 5.41) is 18.2. The summed E-state index contributed by atoms with van der Waals surface area (Å²) in [6.45, 7) is 1.54. The van der Waals surface area contributed by atoms with Gasteiger partial charge in [0, 0.05) is 11.8 Å². The second kappa shape index (κ2) is 8.71. The molecule has 1 aliphatic carbocycles. The van der Waals surface area contributed by atoms with E-state index in [1.54, 1.807) is 0 Å². The van der Waals surface area contributed by atoms with Crippen LogP contribution in [-0.2, 0) is 17.5 Å². The largest absolute Gasteiger partial charge is 0.593 e. The van der Waals surface area contributed by atoms with E-state index < -0.39 is 28.6 Å². The molecule has 3 aromatic rings. The van der Waals surface area contributed by atoms with E-state index in [9.17, 15) is 23.0 Å². The number of rotatable bonds is 7. The predicted molar refractivity (Wildman–Crippen MR) is 119 cm³/mol. The molecule has 34 heavy (non-hydrogen) atoms. The number of H-pyrrole nitrogens is 1. The van der Waals surface area contributed by atoms with Gasteiger partial charge in [-0.25, -0.2) is 5.10 Å². The highest BCUT2D eigenvalue weighted by molar-refractivity contribution is 7.89. The van der Waals surface area contributed by atoms with Crippen molar-refractivity contribution in [2.45, 2.75) is 36.4 Å². The number of alkyl halides is 3. The van der Waals surface area contributed by atoms with Crippen molar-refractivity contribution >= 4 is 28.9 Å². The Balaban J connectivity index is 1.77. The van der Waals surface area contributed by atoms with Crippen LogP contribution in [0.1, 0.15) is 24.0 Å². The summed E-state index contributed by atoms with van der Waals surface area (Å²) in [6, 6.07) is 8.86. The predicted octanol–water partition coefficient (Wildman–Crippen LogP) is 3.80.